The van der Waals surface area contributed by atoms with Crippen molar-refractivity contribution in [2.75, 3.05) is 0 Å². The third-order valence-electron chi connectivity index (χ3n) is 8.24. The first-order valence-corrected chi connectivity index (χ1v) is 14.4. The van der Waals surface area contributed by atoms with Gasteiger partial charge < -0.3 is 0 Å². The van der Waals surface area contributed by atoms with E-state index in [0.29, 0.717) is 28.6 Å². The molecule has 0 unspecified atom stereocenters. The van der Waals surface area contributed by atoms with Gasteiger partial charge in [0.15, 0.2) is 17.5 Å². The van der Waals surface area contributed by atoms with E-state index >= 15 is 0 Å². The SMILES string of the molecule is Cc1c(C)c(-c2cc(C#N)cc(C#N)c2)c(C)c(C)c1-c1ccc(-c2nc(-c3ccccc3)nc(-c3ccccc3)n2)cc1. The molecule has 1 heterocycles. The number of nitrogens with zero attached hydrogens (tertiary/aromatic N) is 5. The maximum absolute atomic E-state index is 9.55. The van der Waals surface area contributed by atoms with Gasteiger partial charge in [0.05, 0.1) is 23.3 Å². The first kappa shape index (κ1) is 28.2. The Balaban J connectivity index is 1.44. The van der Waals surface area contributed by atoms with Gasteiger partial charge in [-0.15, -0.1) is 0 Å². The fraction of sp³-hybridized carbons (Fsp3) is 0.103. The van der Waals surface area contributed by atoms with Crippen molar-refractivity contribution in [2.24, 2.45) is 0 Å². The highest BCUT2D eigenvalue weighted by Gasteiger charge is 2.19. The van der Waals surface area contributed by atoms with E-state index in [-0.39, 0.29) is 0 Å². The number of nitriles is 2. The molecule has 0 aliphatic rings. The average Bonchev–Trinajstić information content (AvgIpc) is 3.08. The van der Waals surface area contributed by atoms with Crippen molar-refractivity contribution in [1.29, 1.82) is 10.5 Å². The van der Waals surface area contributed by atoms with Gasteiger partial charge in [0.1, 0.15) is 0 Å². The maximum Gasteiger partial charge on any atom is 0.164 e. The predicted octanol–water partition coefficient (Wildman–Crippen LogP) is 9.18. The molecule has 0 atom stereocenters. The molecule has 0 saturated carbocycles. The summed E-state index contributed by atoms with van der Waals surface area (Å²) in [4.78, 5) is 14.5. The number of rotatable bonds is 5. The Morgan fingerprint density at radius 1 is 0.409 bits per heavy atom. The van der Waals surface area contributed by atoms with Gasteiger partial charge in [-0.05, 0) is 90.4 Å². The molecule has 0 N–H and O–H groups in total. The van der Waals surface area contributed by atoms with Gasteiger partial charge in [-0.1, -0.05) is 84.9 Å². The Labute approximate surface area is 257 Å². The fourth-order valence-electron chi connectivity index (χ4n) is 5.80. The van der Waals surface area contributed by atoms with Crippen LogP contribution >= 0.6 is 0 Å². The topological polar surface area (TPSA) is 86.2 Å². The third kappa shape index (κ3) is 5.24. The van der Waals surface area contributed by atoms with Crippen LogP contribution in [0.4, 0.5) is 0 Å². The molecule has 6 aromatic rings. The second kappa shape index (κ2) is 11.8. The van der Waals surface area contributed by atoms with Crippen molar-refractivity contribution in [3.63, 3.8) is 0 Å². The quantitative estimate of drug-likeness (QED) is 0.207. The summed E-state index contributed by atoms with van der Waals surface area (Å²) in [5, 5.41) is 19.1. The summed E-state index contributed by atoms with van der Waals surface area (Å²) in [6, 6.07) is 38.1. The van der Waals surface area contributed by atoms with Crippen LogP contribution in [0.3, 0.4) is 0 Å². The van der Waals surface area contributed by atoms with Gasteiger partial charge in [0.25, 0.3) is 0 Å². The molecule has 44 heavy (non-hydrogen) atoms. The molecule has 5 aromatic carbocycles. The zero-order valence-corrected chi connectivity index (χ0v) is 25.1. The van der Waals surface area contributed by atoms with Gasteiger partial charge in [-0.3, -0.25) is 0 Å². The lowest BCUT2D eigenvalue weighted by Crippen LogP contribution is -2.01. The van der Waals surface area contributed by atoms with Crippen LogP contribution in [0.15, 0.2) is 103 Å². The normalized spacial score (nSPS) is 10.7. The zero-order chi connectivity index (χ0) is 30.8. The van der Waals surface area contributed by atoms with Crippen LogP contribution in [-0.4, -0.2) is 15.0 Å². The lowest BCUT2D eigenvalue weighted by molar-refractivity contribution is 1.07. The molecular weight excluding hydrogens is 538 g/mol. The van der Waals surface area contributed by atoms with Crippen LogP contribution in [0.1, 0.15) is 33.4 Å². The molecule has 5 nitrogen and oxygen atoms in total. The van der Waals surface area contributed by atoms with Gasteiger partial charge in [-0.2, -0.15) is 10.5 Å². The van der Waals surface area contributed by atoms with Crippen LogP contribution < -0.4 is 0 Å². The second-order valence-electron chi connectivity index (χ2n) is 10.9. The largest absolute Gasteiger partial charge is 0.208 e. The van der Waals surface area contributed by atoms with Gasteiger partial charge in [0, 0.05) is 16.7 Å². The molecular formula is C39H29N5. The molecule has 5 heteroatoms. The highest BCUT2D eigenvalue weighted by molar-refractivity contribution is 5.84. The Kier molecular flexibility index (Phi) is 7.54. The molecule has 0 aliphatic heterocycles. The number of hydrogen-bond acceptors (Lipinski definition) is 5. The minimum absolute atomic E-state index is 0.483. The van der Waals surface area contributed by atoms with E-state index in [1.807, 2.05) is 72.8 Å². The van der Waals surface area contributed by atoms with Gasteiger partial charge >= 0.3 is 0 Å². The van der Waals surface area contributed by atoms with E-state index in [4.69, 9.17) is 15.0 Å². The van der Waals surface area contributed by atoms with Crippen molar-refractivity contribution in [3.05, 3.63) is 137 Å². The Bertz CT molecular complexity index is 1980. The van der Waals surface area contributed by atoms with Crippen LogP contribution in [0.25, 0.3) is 56.4 Å². The van der Waals surface area contributed by atoms with E-state index in [2.05, 4.69) is 64.1 Å². The molecule has 0 spiro atoms. The molecule has 210 valence electrons. The highest BCUT2D eigenvalue weighted by atomic mass is 15.0. The molecule has 0 radical (unpaired) electrons. The number of hydrogen-bond donors (Lipinski definition) is 0. The van der Waals surface area contributed by atoms with Crippen molar-refractivity contribution in [3.8, 4) is 68.6 Å². The summed E-state index contributed by atoms with van der Waals surface area (Å²) < 4.78 is 0. The van der Waals surface area contributed by atoms with E-state index in [1.54, 1.807) is 6.07 Å². The molecule has 0 saturated heterocycles. The van der Waals surface area contributed by atoms with Gasteiger partial charge in [-0.25, -0.2) is 15.0 Å². The van der Waals surface area contributed by atoms with Crippen LogP contribution in [0.5, 0.6) is 0 Å². The zero-order valence-electron chi connectivity index (χ0n) is 25.1. The second-order valence-corrected chi connectivity index (χ2v) is 10.9. The summed E-state index contributed by atoms with van der Waals surface area (Å²) in [6.07, 6.45) is 0. The van der Waals surface area contributed by atoms with E-state index in [1.165, 1.54) is 5.56 Å². The molecule has 0 bridgehead atoms. The minimum Gasteiger partial charge on any atom is -0.208 e. The molecule has 0 aliphatic carbocycles. The third-order valence-corrected chi connectivity index (χ3v) is 8.24. The van der Waals surface area contributed by atoms with Crippen molar-refractivity contribution in [2.45, 2.75) is 27.7 Å². The lowest BCUT2D eigenvalue weighted by atomic mass is 9.83. The summed E-state index contributed by atoms with van der Waals surface area (Å²) in [5.41, 5.74) is 12.6. The first-order valence-electron chi connectivity index (χ1n) is 14.4. The smallest absolute Gasteiger partial charge is 0.164 e. The molecule has 0 amide bonds. The van der Waals surface area contributed by atoms with Crippen LogP contribution in [-0.2, 0) is 0 Å². The molecule has 0 fully saturated rings. The fourth-order valence-corrected chi connectivity index (χ4v) is 5.80. The van der Waals surface area contributed by atoms with E-state index < -0.39 is 0 Å². The number of aromatic nitrogens is 3. The summed E-state index contributed by atoms with van der Waals surface area (Å²) in [5.74, 6) is 1.88. The number of benzene rings is 5. The first-order chi connectivity index (χ1) is 21.4. The maximum atomic E-state index is 9.55. The predicted molar refractivity (Wildman–Crippen MR) is 175 cm³/mol. The van der Waals surface area contributed by atoms with E-state index in [0.717, 1.165) is 55.6 Å². The monoisotopic (exact) mass is 567 g/mol. The van der Waals surface area contributed by atoms with Crippen molar-refractivity contribution in [1.82, 2.24) is 15.0 Å². The van der Waals surface area contributed by atoms with Crippen molar-refractivity contribution >= 4 is 0 Å². The van der Waals surface area contributed by atoms with Crippen molar-refractivity contribution < 1.29 is 0 Å². The highest BCUT2D eigenvalue weighted by Crippen LogP contribution is 2.40. The Morgan fingerprint density at radius 3 is 1.14 bits per heavy atom. The molecule has 6 rings (SSSR count). The summed E-state index contributed by atoms with van der Waals surface area (Å²) >= 11 is 0. The van der Waals surface area contributed by atoms with E-state index in [9.17, 15) is 10.5 Å². The Hall–Kier alpha value is -5.91. The standard InChI is InChI=1S/C39H29N5/c1-24-26(3)36(34-20-28(22-40)19-29(21-34)23-41)27(4)25(2)35(24)30-15-17-33(18-16-30)39-43-37(31-11-7-5-8-12-31)42-38(44-39)32-13-9-6-10-14-32/h5-21H,1-4H3. The lowest BCUT2D eigenvalue weighted by Gasteiger charge is -2.21. The van der Waals surface area contributed by atoms with Crippen LogP contribution in [0, 0.1) is 50.4 Å². The van der Waals surface area contributed by atoms with Gasteiger partial charge in [0.2, 0.25) is 0 Å². The van der Waals surface area contributed by atoms with Crippen LogP contribution in [0.2, 0.25) is 0 Å². The Morgan fingerprint density at radius 2 is 0.750 bits per heavy atom. The molecule has 1 aromatic heterocycles. The minimum atomic E-state index is 0.483. The summed E-state index contributed by atoms with van der Waals surface area (Å²) in [6.45, 7) is 8.50. The average molecular weight is 568 g/mol. The summed E-state index contributed by atoms with van der Waals surface area (Å²) in [7, 11) is 0.